The maximum Gasteiger partial charge on any atom is 0.311 e. The van der Waals surface area contributed by atoms with Crippen molar-refractivity contribution in [2.75, 3.05) is 5.32 Å². The van der Waals surface area contributed by atoms with Crippen molar-refractivity contribution in [3.05, 3.63) is 72.2 Å². The number of aromatic nitrogens is 1. The minimum absolute atomic E-state index is 0.00589. The second-order valence-electron chi connectivity index (χ2n) is 5.80. The molecule has 26 heavy (non-hydrogen) atoms. The van der Waals surface area contributed by atoms with Gasteiger partial charge in [0.25, 0.3) is 5.91 Å². The van der Waals surface area contributed by atoms with Crippen molar-refractivity contribution in [3.8, 4) is 0 Å². The molecule has 1 unspecified atom stereocenters. The van der Waals surface area contributed by atoms with E-state index < -0.39 is 23.8 Å². The zero-order chi connectivity index (χ0) is 18.5. The number of carbonyl (C=O) groups is 2. The molecule has 0 aliphatic rings. The summed E-state index contributed by atoms with van der Waals surface area (Å²) in [6.07, 6.45) is 0.659. The topological polar surface area (TPSA) is 68.3 Å². The molecule has 3 aromatic rings. The van der Waals surface area contributed by atoms with Gasteiger partial charge in [0.15, 0.2) is 6.10 Å². The fourth-order valence-electron chi connectivity index (χ4n) is 2.57. The average molecular weight is 352 g/mol. The Hall–Kier alpha value is -3.28. The van der Waals surface area contributed by atoms with Gasteiger partial charge in [0.1, 0.15) is 5.82 Å². The largest absolute Gasteiger partial charge is 0.452 e. The SMILES string of the molecule is CC(OC(=O)Cc1cccc2cccnc12)C(=O)Nc1cccc(F)c1. The third-order valence-corrected chi connectivity index (χ3v) is 3.82. The second-order valence-corrected chi connectivity index (χ2v) is 5.80. The standard InChI is InChI=1S/C20H17FN2O3/c1-13(20(25)23-17-9-3-8-16(21)12-17)26-18(24)11-15-6-2-5-14-7-4-10-22-19(14)15/h2-10,12-13H,11H2,1H3,(H,23,25). The number of nitrogens with one attached hydrogen (secondary N) is 1. The van der Waals surface area contributed by atoms with Gasteiger partial charge >= 0.3 is 5.97 Å². The summed E-state index contributed by atoms with van der Waals surface area (Å²) >= 11 is 0. The Morgan fingerprint density at radius 1 is 1.15 bits per heavy atom. The third-order valence-electron chi connectivity index (χ3n) is 3.82. The molecule has 1 atom stereocenters. The van der Waals surface area contributed by atoms with Crippen LogP contribution in [0.2, 0.25) is 0 Å². The first-order valence-electron chi connectivity index (χ1n) is 8.11. The average Bonchev–Trinajstić information content (AvgIpc) is 2.62. The highest BCUT2D eigenvalue weighted by Crippen LogP contribution is 2.17. The Balaban J connectivity index is 1.62. The van der Waals surface area contributed by atoms with Crippen molar-refractivity contribution < 1.29 is 18.7 Å². The summed E-state index contributed by atoms with van der Waals surface area (Å²) in [7, 11) is 0. The molecule has 0 aliphatic carbocycles. The normalized spacial score (nSPS) is 11.8. The lowest BCUT2D eigenvalue weighted by atomic mass is 10.1. The third kappa shape index (κ3) is 4.22. The molecule has 6 heteroatoms. The van der Waals surface area contributed by atoms with Gasteiger partial charge in [-0.25, -0.2) is 4.39 Å². The molecule has 0 fully saturated rings. The zero-order valence-corrected chi connectivity index (χ0v) is 14.1. The van der Waals surface area contributed by atoms with E-state index in [1.165, 1.54) is 25.1 Å². The summed E-state index contributed by atoms with van der Waals surface area (Å²) in [5.41, 5.74) is 1.76. The van der Waals surface area contributed by atoms with E-state index in [2.05, 4.69) is 10.3 Å². The predicted octanol–water partition coefficient (Wildman–Crippen LogP) is 3.49. The van der Waals surface area contributed by atoms with Crippen molar-refractivity contribution in [1.29, 1.82) is 0 Å². The minimum atomic E-state index is -1.01. The van der Waals surface area contributed by atoms with Gasteiger partial charge in [0.05, 0.1) is 11.9 Å². The minimum Gasteiger partial charge on any atom is -0.452 e. The summed E-state index contributed by atoms with van der Waals surface area (Å²) in [5, 5.41) is 3.44. The molecule has 3 rings (SSSR count). The van der Waals surface area contributed by atoms with E-state index in [4.69, 9.17) is 4.74 Å². The van der Waals surface area contributed by atoms with Gasteiger partial charge in [0.2, 0.25) is 0 Å². The van der Waals surface area contributed by atoms with E-state index in [9.17, 15) is 14.0 Å². The first kappa shape index (κ1) is 17.5. The van der Waals surface area contributed by atoms with Crippen molar-refractivity contribution >= 4 is 28.5 Å². The zero-order valence-electron chi connectivity index (χ0n) is 14.1. The fraction of sp³-hybridized carbons (Fsp3) is 0.150. The highest BCUT2D eigenvalue weighted by Gasteiger charge is 2.19. The van der Waals surface area contributed by atoms with E-state index in [1.807, 2.05) is 24.3 Å². The smallest absolute Gasteiger partial charge is 0.311 e. The van der Waals surface area contributed by atoms with Gasteiger partial charge < -0.3 is 10.1 Å². The molecule has 1 heterocycles. The Labute approximate surface area is 149 Å². The van der Waals surface area contributed by atoms with E-state index >= 15 is 0 Å². The quantitative estimate of drug-likeness (QED) is 0.714. The molecule has 1 aromatic heterocycles. The number of ether oxygens (including phenoxy) is 1. The molecule has 0 bridgehead atoms. The van der Waals surface area contributed by atoms with Crippen LogP contribution in [0.15, 0.2) is 60.8 Å². The van der Waals surface area contributed by atoms with Crippen LogP contribution in [0.5, 0.6) is 0 Å². The van der Waals surface area contributed by atoms with E-state index in [-0.39, 0.29) is 6.42 Å². The number of benzene rings is 2. The van der Waals surface area contributed by atoms with Crippen LogP contribution in [0.3, 0.4) is 0 Å². The van der Waals surface area contributed by atoms with E-state index in [0.29, 0.717) is 5.69 Å². The van der Waals surface area contributed by atoms with E-state index in [1.54, 1.807) is 18.3 Å². The molecule has 0 saturated heterocycles. The van der Waals surface area contributed by atoms with Gasteiger partial charge in [-0.2, -0.15) is 0 Å². The van der Waals surface area contributed by atoms with Gasteiger partial charge in [-0.1, -0.05) is 30.3 Å². The first-order valence-corrected chi connectivity index (χ1v) is 8.11. The number of esters is 1. The van der Waals surface area contributed by atoms with Gasteiger partial charge in [-0.3, -0.25) is 14.6 Å². The van der Waals surface area contributed by atoms with Crippen LogP contribution in [0.1, 0.15) is 12.5 Å². The van der Waals surface area contributed by atoms with Crippen LogP contribution in [0.25, 0.3) is 10.9 Å². The number of nitrogens with zero attached hydrogens (tertiary/aromatic N) is 1. The van der Waals surface area contributed by atoms with Gasteiger partial charge in [-0.05, 0) is 36.8 Å². The van der Waals surface area contributed by atoms with Crippen LogP contribution in [0.4, 0.5) is 10.1 Å². The number of hydrogen-bond acceptors (Lipinski definition) is 4. The van der Waals surface area contributed by atoms with Crippen LogP contribution >= 0.6 is 0 Å². The number of fused-ring (bicyclic) bond motifs is 1. The van der Waals surface area contributed by atoms with Crippen LogP contribution < -0.4 is 5.32 Å². The highest BCUT2D eigenvalue weighted by molar-refractivity contribution is 5.95. The second kappa shape index (κ2) is 7.74. The van der Waals surface area contributed by atoms with Gasteiger partial charge in [-0.15, -0.1) is 0 Å². The number of halogens is 1. The molecule has 0 saturated carbocycles. The molecule has 132 valence electrons. The maximum atomic E-state index is 13.2. The first-order chi connectivity index (χ1) is 12.5. The lowest BCUT2D eigenvalue weighted by Crippen LogP contribution is -2.30. The Morgan fingerprint density at radius 2 is 1.92 bits per heavy atom. The fourth-order valence-corrected chi connectivity index (χ4v) is 2.57. The van der Waals surface area contributed by atoms with Crippen LogP contribution in [-0.4, -0.2) is 23.0 Å². The summed E-state index contributed by atoms with van der Waals surface area (Å²) in [6.45, 7) is 1.47. The number of anilines is 1. The molecule has 5 nitrogen and oxygen atoms in total. The van der Waals surface area contributed by atoms with Crippen LogP contribution in [0, 0.1) is 5.82 Å². The summed E-state index contributed by atoms with van der Waals surface area (Å²) in [4.78, 5) is 28.6. The van der Waals surface area contributed by atoms with Gasteiger partial charge in [0, 0.05) is 17.3 Å². The van der Waals surface area contributed by atoms with Crippen LogP contribution in [-0.2, 0) is 20.7 Å². The molecule has 0 spiro atoms. The number of rotatable bonds is 5. The molecule has 1 N–H and O–H groups in total. The van der Waals surface area contributed by atoms with Crippen molar-refractivity contribution in [3.63, 3.8) is 0 Å². The highest BCUT2D eigenvalue weighted by atomic mass is 19.1. The molecular formula is C20H17FN2O3. The number of pyridine rings is 1. The molecule has 1 amide bonds. The Bertz CT molecular complexity index is 953. The van der Waals surface area contributed by atoms with E-state index in [0.717, 1.165) is 16.5 Å². The molecule has 0 aliphatic heterocycles. The van der Waals surface area contributed by atoms with Crippen molar-refractivity contribution in [2.45, 2.75) is 19.4 Å². The number of carbonyl (C=O) groups excluding carboxylic acids is 2. The summed E-state index contributed by atoms with van der Waals surface area (Å²) in [6, 6.07) is 14.8. The molecular weight excluding hydrogens is 335 g/mol. The number of para-hydroxylation sites is 1. The molecule has 2 aromatic carbocycles. The Morgan fingerprint density at radius 3 is 2.73 bits per heavy atom. The molecule has 0 radical (unpaired) electrons. The monoisotopic (exact) mass is 352 g/mol. The number of hydrogen-bond donors (Lipinski definition) is 1. The summed E-state index contributed by atoms with van der Waals surface area (Å²) < 4.78 is 18.4. The van der Waals surface area contributed by atoms with Crippen molar-refractivity contribution in [2.24, 2.45) is 0 Å². The van der Waals surface area contributed by atoms with Crippen molar-refractivity contribution in [1.82, 2.24) is 4.98 Å². The predicted molar refractivity (Wildman–Crippen MR) is 96.0 cm³/mol. The Kier molecular flexibility index (Phi) is 5.22. The summed E-state index contributed by atoms with van der Waals surface area (Å²) in [5.74, 6) is -1.53. The lowest BCUT2D eigenvalue weighted by Gasteiger charge is -2.14. The lowest BCUT2D eigenvalue weighted by molar-refractivity contribution is -0.152. The maximum absolute atomic E-state index is 13.2. The number of amides is 1.